The molecular weight excluding hydrogens is 386 g/mol. The molecule has 0 aliphatic heterocycles. The number of aliphatic hydroxyl groups is 1. The Kier molecular flexibility index (Phi) is 6.22. The molecule has 3 heterocycles. The standard InChI is InChI=1S/C22H24ClN5O/c23-19-14-26-22(27-16-4-6-17(29)7-5-16)12-18(19)20-2-1-3-21(28-20)25-13-15-8-10-24-11-9-15/h1-3,8-12,14,16-17,29H,4-7,13H2,(H,25,28)(H,26,27). The summed E-state index contributed by atoms with van der Waals surface area (Å²) in [5.74, 6) is 1.56. The second kappa shape index (κ2) is 9.20. The number of aromatic nitrogens is 3. The highest BCUT2D eigenvalue weighted by Crippen LogP contribution is 2.30. The van der Waals surface area contributed by atoms with Crippen LogP contribution >= 0.6 is 11.6 Å². The monoisotopic (exact) mass is 409 g/mol. The summed E-state index contributed by atoms with van der Waals surface area (Å²) in [6, 6.07) is 12.1. The molecule has 0 atom stereocenters. The van der Waals surface area contributed by atoms with Crippen LogP contribution in [-0.4, -0.2) is 32.2 Å². The van der Waals surface area contributed by atoms with Crippen molar-refractivity contribution in [1.29, 1.82) is 0 Å². The number of anilines is 2. The minimum atomic E-state index is -0.173. The summed E-state index contributed by atoms with van der Waals surface area (Å²) in [7, 11) is 0. The van der Waals surface area contributed by atoms with Crippen molar-refractivity contribution in [3.63, 3.8) is 0 Å². The maximum Gasteiger partial charge on any atom is 0.126 e. The van der Waals surface area contributed by atoms with E-state index in [2.05, 4.69) is 20.6 Å². The number of nitrogens with zero attached hydrogens (tertiary/aromatic N) is 3. The van der Waals surface area contributed by atoms with Crippen molar-refractivity contribution in [2.24, 2.45) is 0 Å². The van der Waals surface area contributed by atoms with E-state index in [0.29, 0.717) is 17.6 Å². The van der Waals surface area contributed by atoms with Crippen LogP contribution in [0.25, 0.3) is 11.3 Å². The topological polar surface area (TPSA) is 83.0 Å². The van der Waals surface area contributed by atoms with Gasteiger partial charge in [-0.05, 0) is 61.6 Å². The number of pyridine rings is 3. The third-order valence-corrected chi connectivity index (χ3v) is 5.45. The summed E-state index contributed by atoms with van der Waals surface area (Å²) in [6.07, 6.45) is 8.57. The fourth-order valence-electron chi connectivity index (χ4n) is 3.52. The fraction of sp³-hybridized carbons (Fsp3) is 0.318. The van der Waals surface area contributed by atoms with Gasteiger partial charge >= 0.3 is 0 Å². The van der Waals surface area contributed by atoms with Crippen LogP contribution in [-0.2, 0) is 6.54 Å². The summed E-state index contributed by atoms with van der Waals surface area (Å²) in [6.45, 7) is 0.670. The number of hydrogen-bond donors (Lipinski definition) is 3. The smallest absolute Gasteiger partial charge is 0.126 e. The van der Waals surface area contributed by atoms with E-state index in [-0.39, 0.29) is 6.10 Å². The largest absolute Gasteiger partial charge is 0.393 e. The van der Waals surface area contributed by atoms with Crippen molar-refractivity contribution in [1.82, 2.24) is 15.0 Å². The lowest BCUT2D eigenvalue weighted by molar-refractivity contribution is 0.126. The summed E-state index contributed by atoms with van der Waals surface area (Å²) in [5.41, 5.74) is 2.77. The number of aliphatic hydroxyl groups excluding tert-OH is 1. The van der Waals surface area contributed by atoms with Crippen LogP contribution in [0.5, 0.6) is 0 Å². The van der Waals surface area contributed by atoms with Crippen molar-refractivity contribution < 1.29 is 5.11 Å². The van der Waals surface area contributed by atoms with E-state index in [1.807, 2.05) is 36.4 Å². The highest BCUT2D eigenvalue weighted by molar-refractivity contribution is 6.33. The molecule has 0 unspecified atom stereocenters. The fourth-order valence-corrected chi connectivity index (χ4v) is 3.72. The quantitative estimate of drug-likeness (QED) is 0.555. The van der Waals surface area contributed by atoms with Crippen molar-refractivity contribution >= 4 is 23.2 Å². The average molecular weight is 410 g/mol. The predicted octanol–water partition coefficient (Wildman–Crippen LogP) is 4.52. The Hall–Kier alpha value is -2.70. The van der Waals surface area contributed by atoms with Crippen LogP contribution in [0.1, 0.15) is 31.2 Å². The second-order valence-corrected chi connectivity index (χ2v) is 7.72. The molecule has 0 saturated heterocycles. The van der Waals surface area contributed by atoms with Gasteiger partial charge in [0.15, 0.2) is 0 Å². The third kappa shape index (κ3) is 5.22. The molecule has 150 valence electrons. The SMILES string of the molecule is OC1CCC(Nc2cc(-c3cccc(NCc4ccncc4)n3)c(Cl)cn2)CC1. The molecule has 29 heavy (non-hydrogen) atoms. The Morgan fingerprint density at radius 1 is 1.03 bits per heavy atom. The van der Waals surface area contributed by atoms with Crippen molar-refractivity contribution in [2.45, 2.75) is 44.4 Å². The lowest BCUT2D eigenvalue weighted by Gasteiger charge is -2.26. The van der Waals surface area contributed by atoms with Crippen molar-refractivity contribution in [3.8, 4) is 11.3 Å². The molecule has 1 aliphatic carbocycles. The highest BCUT2D eigenvalue weighted by Gasteiger charge is 2.20. The van der Waals surface area contributed by atoms with Gasteiger partial charge in [-0.1, -0.05) is 17.7 Å². The number of nitrogens with one attached hydrogen (secondary N) is 2. The number of rotatable bonds is 6. The molecule has 1 aliphatic rings. The van der Waals surface area contributed by atoms with Gasteiger partial charge in [0.1, 0.15) is 11.6 Å². The highest BCUT2D eigenvalue weighted by atomic mass is 35.5. The molecule has 6 nitrogen and oxygen atoms in total. The molecule has 0 amide bonds. The van der Waals surface area contributed by atoms with Gasteiger partial charge in [0.2, 0.25) is 0 Å². The lowest BCUT2D eigenvalue weighted by atomic mass is 9.93. The van der Waals surface area contributed by atoms with E-state index in [1.165, 1.54) is 0 Å². The second-order valence-electron chi connectivity index (χ2n) is 7.32. The normalized spacial score (nSPS) is 19.0. The Bertz CT molecular complexity index is 945. The number of hydrogen-bond acceptors (Lipinski definition) is 6. The van der Waals surface area contributed by atoms with Crippen LogP contribution in [0.3, 0.4) is 0 Å². The van der Waals surface area contributed by atoms with Gasteiger partial charge in [-0.3, -0.25) is 4.98 Å². The van der Waals surface area contributed by atoms with Crippen LogP contribution < -0.4 is 10.6 Å². The molecule has 0 bridgehead atoms. The van der Waals surface area contributed by atoms with Crippen LogP contribution in [0.2, 0.25) is 5.02 Å². The Labute approximate surface area is 175 Å². The molecule has 1 saturated carbocycles. The van der Waals surface area contributed by atoms with Crippen molar-refractivity contribution in [2.75, 3.05) is 10.6 Å². The molecule has 0 spiro atoms. The zero-order valence-corrected chi connectivity index (χ0v) is 16.8. The maximum atomic E-state index is 9.69. The van der Waals surface area contributed by atoms with Gasteiger partial charge in [0.05, 0.1) is 16.8 Å². The molecule has 4 rings (SSSR count). The van der Waals surface area contributed by atoms with Gasteiger partial charge in [-0.25, -0.2) is 9.97 Å². The Balaban J connectivity index is 1.48. The summed E-state index contributed by atoms with van der Waals surface area (Å²) in [5, 5.41) is 17.1. The Morgan fingerprint density at radius 3 is 2.62 bits per heavy atom. The zero-order valence-electron chi connectivity index (χ0n) is 16.1. The van der Waals surface area contributed by atoms with E-state index in [1.54, 1.807) is 18.6 Å². The van der Waals surface area contributed by atoms with Crippen LogP contribution in [0.4, 0.5) is 11.6 Å². The van der Waals surface area contributed by atoms with Gasteiger partial charge < -0.3 is 15.7 Å². The molecular formula is C22H24ClN5O. The lowest BCUT2D eigenvalue weighted by Crippen LogP contribution is -2.28. The summed E-state index contributed by atoms with van der Waals surface area (Å²) >= 11 is 6.43. The minimum Gasteiger partial charge on any atom is -0.393 e. The molecule has 0 radical (unpaired) electrons. The molecule has 1 fully saturated rings. The molecule has 3 aromatic heterocycles. The third-order valence-electron chi connectivity index (χ3n) is 5.15. The minimum absolute atomic E-state index is 0.173. The van der Waals surface area contributed by atoms with E-state index in [0.717, 1.165) is 54.1 Å². The van der Waals surface area contributed by atoms with Gasteiger partial charge in [-0.2, -0.15) is 0 Å². The van der Waals surface area contributed by atoms with E-state index in [4.69, 9.17) is 16.6 Å². The molecule has 7 heteroatoms. The number of halogens is 1. The molecule has 3 N–H and O–H groups in total. The Morgan fingerprint density at radius 2 is 1.83 bits per heavy atom. The molecule has 3 aromatic rings. The maximum absolute atomic E-state index is 9.69. The van der Waals surface area contributed by atoms with E-state index in [9.17, 15) is 5.11 Å². The first-order chi connectivity index (χ1) is 14.2. The van der Waals surface area contributed by atoms with Crippen LogP contribution in [0.15, 0.2) is 55.0 Å². The summed E-state index contributed by atoms with van der Waals surface area (Å²) < 4.78 is 0. The first kappa shape index (κ1) is 19.6. The van der Waals surface area contributed by atoms with Gasteiger partial charge in [0, 0.05) is 36.7 Å². The van der Waals surface area contributed by atoms with Crippen molar-refractivity contribution in [3.05, 3.63) is 65.6 Å². The average Bonchev–Trinajstić information content (AvgIpc) is 2.76. The summed E-state index contributed by atoms with van der Waals surface area (Å²) in [4.78, 5) is 13.2. The van der Waals surface area contributed by atoms with Crippen LogP contribution in [0, 0.1) is 0 Å². The van der Waals surface area contributed by atoms with Gasteiger partial charge in [0.25, 0.3) is 0 Å². The first-order valence-corrected chi connectivity index (χ1v) is 10.3. The molecule has 0 aromatic carbocycles. The van der Waals surface area contributed by atoms with E-state index < -0.39 is 0 Å². The van der Waals surface area contributed by atoms with E-state index >= 15 is 0 Å². The zero-order chi connectivity index (χ0) is 20.1. The van der Waals surface area contributed by atoms with Gasteiger partial charge in [-0.15, -0.1) is 0 Å². The predicted molar refractivity (Wildman–Crippen MR) is 116 cm³/mol. The first-order valence-electron chi connectivity index (χ1n) is 9.88.